The fraction of sp³-hybridized carbons (Fsp3) is 0.250. The number of ether oxygens (including phenoxy) is 1. The molecule has 0 bridgehead atoms. The molecule has 12 heavy (non-hydrogen) atoms. The summed E-state index contributed by atoms with van der Waals surface area (Å²) in [4.78, 5) is 3.88. The smallest absolute Gasteiger partial charge is 0.214 e. The third-order valence-corrected chi connectivity index (χ3v) is 1.65. The number of aromatic nitrogens is 1. The molecule has 0 N–H and O–H groups in total. The standard InChI is InChI=1S/C8H7ClN2O/c1-12-8-3-6(4-9)2-7(5-10)11-8/h2-3H,4H2,1H3. The van der Waals surface area contributed by atoms with Gasteiger partial charge < -0.3 is 4.74 Å². The zero-order valence-electron chi connectivity index (χ0n) is 6.54. The van der Waals surface area contributed by atoms with E-state index in [-0.39, 0.29) is 0 Å². The molecular weight excluding hydrogens is 176 g/mol. The fourth-order valence-electron chi connectivity index (χ4n) is 0.798. The maximum atomic E-state index is 8.57. The Hall–Kier alpha value is -1.27. The predicted octanol–water partition coefficient (Wildman–Crippen LogP) is 1.70. The van der Waals surface area contributed by atoms with Crippen LogP contribution in [0.1, 0.15) is 11.3 Å². The van der Waals surface area contributed by atoms with Crippen molar-refractivity contribution in [3.05, 3.63) is 23.4 Å². The number of hydrogen-bond acceptors (Lipinski definition) is 3. The summed E-state index contributed by atoms with van der Waals surface area (Å²) < 4.78 is 4.88. The van der Waals surface area contributed by atoms with E-state index in [1.54, 1.807) is 12.1 Å². The number of pyridine rings is 1. The number of halogens is 1. The summed E-state index contributed by atoms with van der Waals surface area (Å²) >= 11 is 5.59. The lowest BCUT2D eigenvalue weighted by Crippen LogP contribution is -1.92. The van der Waals surface area contributed by atoms with Crippen molar-refractivity contribution in [2.24, 2.45) is 0 Å². The van der Waals surface area contributed by atoms with Gasteiger partial charge in [-0.3, -0.25) is 0 Å². The van der Waals surface area contributed by atoms with E-state index in [2.05, 4.69) is 4.98 Å². The van der Waals surface area contributed by atoms with Crippen molar-refractivity contribution >= 4 is 11.6 Å². The molecule has 0 aliphatic heterocycles. The third kappa shape index (κ3) is 1.86. The van der Waals surface area contributed by atoms with E-state index in [1.165, 1.54) is 7.11 Å². The van der Waals surface area contributed by atoms with Gasteiger partial charge in [-0.05, 0) is 11.6 Å². The Morgan fingerprint density at radius 1 is 1.67 bits per heavy atom. The quantitative estimate of drug-likeness (QED) is 0.654. The van der Waals surface area contributed by atoms with Crippen LogP contribution in [0.2, 0.25) is 0 Å². The molecule has 0 radical (unpaired) electrons. The van der Waals surface area contributed by atoms with Crippen LogP contribution in [0.5, 0.6) is 5.88 Å². The first kappa shape index (κ1) is 8.82. The lowest BCUT2D eigenvalue weighted by molar-refractivity contribution is 0.397. The van der Waals surface area contributed by atoms with E-state index in [4.69, 9.17) is 21.6 Å². The molecule has 0 spiro atoms. The summed E-state index contributed by atoms with van der Waals surface area (Å²) in [5.74, 6) is 0.776. The van der Waals surface area contributed by atoms with E-state index < -0.39 is 0 Å². The van der Waals surface area contributed by atoms with Gasteiger partial charge in [-0.15, -0.1) is 11.6 Å². The average molecular weight is 183 g/mol. The van der Waals surface area contributed by atoms with Crippen molar-refractivity contribution in [3.8, 4) is 11.9 Å². The summed E-state index contributed by atoms with van der Waals surface area (Å²) in [6.07, 6.45) is 0. The molecular formula is C8H7ClN2O. The number of nitrogens with zero attached hydrogens (tertiary/aromatic N) is 2. The largest absolute Gasteiger partial charge is 0.481 e. The second-order valence-electron chi connectivity index (χ2n) is 2.15. The fourth-order valence-corrected chi connectivity index (χ4v) is 0.952. The van der Waals surface area contributed by atoms with Crippen molar-refractivity contribution in [2.75, 3.05) is 7.11 Å². The number of rotatable bonds is 2. The van der Waals surface area contributed by atoms with Gasteiger partial charge in [0.05, 0.1) is 7.11 Å². The topological polar surface area (TPSA) is 45.9 Å². The van der Waals surface area contributed by atoms with E-state index in [9.17, 15) is 0 Å². The van der Waals surface area contributed by atoms with Crippen LogP contribution in [0.15, 0.2) is 12.1 Å². The maximum absolute atomic E-state index is 8.57. The van der Waals surface area contributed by atoms with Crippen LogP contribution in [0.3, 0.4) is 0 Å². The first-order valence-corrected chi connectivity index (χ1v) is 3.84. The second kappa shape index (κ2) is 3.93. The average Bonchev–Trinajstić information content (AvgIpc) is 2.16. The highest BCUT2D eigenvalue weighted by Crippen LogP contribution is 2.13. The highest BCUT2D eigenvalue weighted by molar-refractivity contribution is 6.17. The van der Waals surface area contributed by atoms with Crippen LogP contribution in [-0.4, -0.2) is 12.1 Å². The van der Waals surface area contributed by atoms with Crippen LogP contribution in [-0.2, 0) is 5.88 Å². The van der Waals surface area contributed by atoms with E-state index in [0.717, 1.165) is 5.56 Å². The Morgan fingerprint density at radius 2 is 2.42 bits per heavy atom. The Morgan fingerprint density at radius 3 is 2.92 bits per heavy atom. The lowest BCUT2D eigenvalue weighted by Gasteiger charge is -2.00. The molecule has 0 aromatic carbocycles. The molecule has 1 rings (SSSR count). The van der Waals surface area contributed by atoms with Gasteiger partial charge in [0.1, 0.15) is 11.8 Å². The highest BCUT2D eigenvalue weighted by Gasteiger charge is 2.00. The molecule has 3 nitrogen and oxygen atoms in total. The van der Waals surface area contributed by atoms with Crippen LogP contribution in [0.25, 0.3) is 0 Å². The molecule has 0 fully saturated rings. The van der Waals surface area contributed by atoms with Gasteiger partial charge in [-0.2, -0.15) is 5.26 Å². The van der Waals surface area contributed by atoms with Crippen molar-refractivity contribution in [3.63, 3.8) is 0 Å². The molecule has 0 saturated carbocycles. The predicted molar refractivity (Wildman–Crippen MR) is 45.1 cm³/mol. The summed E-state index contributed by atoms with van der Waals surface area (Å²) in [6.45, 7) is 0. The van der Waals surface area contributed by atoms with Crippen LogP contribution in [0, 0.1) is 11.3 Å². The summed E-state index contributed by atoms with van der Waals surface area (Å²) in [6, 6.07) is 5.26. The summed E-state index contributed by atoms with van der Waals surface area (Å²) in [5.41, 5.74) is 1.16. The number of nitriles is 1. The zero-order valence-corrected chi connectivity index (χ0v) is 7.30. The van der Waals surface area contributed by atoms with Gasteiger partial charge >= 0.3 is 0 Å². The Balaban J connectivity index is 3.12. The Bertz CT molecular complexity index is 297. The lowest BCUT2D eigenvalue weighted by atomic mass is 10.2. The van der Waals surface area contributed by atoms with Gasteiger partial charge in [0.25, 0.3) is 0 Å². The highest BCUT2D eigenvalue weighted by atomic mass is 35.5. The van der Waals surface area contributed by atoms with Crippen molar-refractivity contribution in [1.82, 2.24) is 4.98 Å². The molecule has 0 atom stereocenters. The molecule has 0 unspecified atom stereocenters. The van der Waals surface area contributed by atoms with Crippen molar-refractivity contribution in [1.29, 1.82) is 5.26 Å². The van der Waals surface area contributed by atoms with Crippen LogP contribution >= 0.6 is 11.6 Å². The monoisotopic (exact) mass is 182 g/mol. The van der Waals surface area contributed by atoms with Gasteiger partial charge in [0.2, 0.25) is 5.88 Å². The van der Waals surface area contributed by atoms with Gasteiger partial charge in [0.15, 0.2) is 0 Å². The van der Waals surface area contributed by atoms with Crippen LogP contribution < -0.4 is 4.74 Å². The van der Waals surface area contributed by atoms with Gasteiger partial charge in [0, 0.05) is 11.9 Å². The van der Waals surface area contributed by atoms with E-state index in [1.807, 2.05) is 6.07 Å². The van der Waals surface area contributed by atoms with E-state index >= 15 is 0 Å². The van der Waals surface area contributed by atoms with Crippen molar-refractivity contribution < 1.29 is 4.74 Å². The Labute approximate surface area is 75.6 Å². The van der Waals surface area contributed by atoms with Gasteiger partial charge in [-0.25, -0.2) is 4.98 Å². The minimum atomic E-state index is 0.324. The summed E-state index contributed by atoms with van der Waals surface area (Å²) in [7, 11) is 1.50. The zero-order chi connectivity index (χ0) is 8.97. The molecule has 1 aromatic heterocycles. The van der Waals surface area contributed by atoms with Crippen molar-refractivity contribution in [2.45, 2.75) is 5.88 Å². The molecule has 1 aromatic rings. The molecule has 62 valence electrons. The molecule has 4 heteroatoms. The first-order chi connectivity index (χ1) is 5.80. The minimum Gasteiger partial charge on any atom is -0.481 e. The minimum absolute atomic E-state index is 0.324. The number of methoxy groups -OCH3 is 1. The van der Waals surface area contributed by atoms with Gasteiger partial charge in [-0.1, -0.05) is 0 Å². The second-order valence-corrected chi connectivity index (χ2v) is 2.42. The molecule has 1 heterocycles. The number of hydrogen-bond donors (Lipinski definition) is 0. The third-order valence-electron chi connectivity index (χ3n) is 1.34. The SMILES string of the molecule is COc1cc(CCl)cc(C#N)n1. The van der Waals surface area contributed by atoms with E-state index in [0.29, 0.717) is 17.5 Å². The number of alkyl halides is 1. The first-order valence-electron chi connectivity index (χ1n) is 3.31. The maximum Gasteiger partial charge on any atom is 0.214 e. The molecule has 0 aliphatic carbocycles. The molecule has 0 aliphatic rings. The molecule has 0 saturated heterocycles. The normalized spacial score (nSPS) is 9.08. The molecule has 0 amide bonds. The van der Waals surface area contributed by atoms with Crippen LogP contribution in [0.4, 0.5) is 0 Å². The Kier molecular flexibility index (Phi) is 2.89. The summed E-state index contributed by atoms with van der Waals surface area (Å²) in [5, 5.41) is 8.57.